The summed E-state index contributed by atoms with van der Waals surface area (Å²) in [5.41, 5.74) is 0.610. The van der Waals surface area contributed by atoms with E-state index in [1.807, 2.05) is 19.9 Å². The van der Waals surface area contributed by atoms with Crippen LogP contribution in [0.5, 0.6) is 0 Å². The van der Waals surface area contributed by atoms with E-state index in [2.05, 4.69) is 11.1 Å². The van der Waals surface area contributed by atoms with Gasteiger partial charge in [0.2, 0.25) is 0 Å². The monoisotopic (exact) mass is 194 g/mol. The number of nitriles is 1. The van der Waals surface area contributed by atoms with Crippen molar-refractivity contribution < 1.29 is 4.74 Å². The Hall–Kier alpha value is -1.34. The first-order valence-electron chi connectivity index (χ1n) is 3.92. The highest BCUT2D eigenvalue weighted by Gasteiger charge is 2.03. The van der Waals surface area contributed by atoms with E-state index in [1.54, 1.807) is 0 Å². The third-order valence-corrected chi connectivity index (χ3v) is 2.33. The number of hydrogen-bond donors (Lipinski definition) is 0. The molecule has 68 valence electrons. The Kier molecular flexibility index (Phi) is 3.47. The van der Waals surface area contributed by atoms with Crippen molar-refractivity contribution in [3.05, 3.63) is 16.5 Å². The maximum Gasteiger partial charge on any atom is 0.175 e. The third kappa shape index (κ3) is 2.56. The molecule has 1 aromatic rings. The van der Waals surface area contributed by atoms with Crippen LogP contribution >= 0.6 is 11.3 Å². The first kappa shape index (κ1) is 9.75. The molecule has 0 fully saturated rings. The Morgan fingerprint density at radius 3 is 3.15 bits per heavy atom. The number of thiophene rings is 1. The molecule has 1 heterocycles. The van der Waals surface area contributed by atoms with Crippen LogP contribution in [0.25, 0.3) is 0 Å². The molecule has 1 aromatic heterocycles. The van der Waals surface area contributed by atoms with E-state index < -0.39 is 0 Å². The lowest BCUT2D eigenvalue weighted by atomic mass is 10.3. The predicted octanol–water partition coefficient (Wildman–Crippen LogP) is 2.62. The molecule has 0 aromatic carbocycles. The minimum absolute atomic E-state index is 0.593. The zero-order valence-electron chi connectivity index (χ0n) is 7.57. The quantitative estimate of drug-likeness (QED) is 0.548. The van der Waals surface area contributed by atoms with E-state index >= 15 is 0 Å². The van der Waals surface area contributed by atoms with E-state index in [4.69, 9.17) is 10.00 Å². The van der Waals surface area contributed by atoms with Gasteiger partial charge in [-0.1, -0.05) is 0 Å². The summed E-state index contributed by atoms with van der Waals surface area (Å²) in [6.07, 6.45) is 1.38. The number of rotatable bonds is 3. The minimum atomic E-state index is 0.593. The van der Waals surface area contributed by atoms with E-state index in [-0.39, 0.29) is 0 Å². The van der Waals surface area contributed by atoms with Gasteiger partial charge < -0.3 is 4.74 Å². The van der Waals surface area contributed by atoms with E-state index in [9.17, 15) is 0 Å². The molecule has 0 aliphatic heterocycles. The molecule has 0 aliphatic rings. The molecule has 0 aliphatic carbocycles. The van der Waals surface area contributed by atoms with Gasteiger partial charge in [-0.05, 0) is 19.9 Å². The van der Waals surface area contributed by atoms with Crippen LogP contribution < -0.4 is 0 Å². The van der Waals surface area contributed by atoms with Crippen LogP contribution in [0.15, 0.2) is 11.1 Å². The highest BCUT2D eigenvalue weighted by Crippen LogP contribution is 2.29. The van der Waals surface area contributed by atoms with E-state index in [0.29, 0.717) is 17.2 Å². The van der Waals surface area contributed by atoms with Crippen molar-refractivity contribution >= 4 is 22.7 Å². The molecule has 13 heavy (non-hydrogen) atoms. The lowest BCUT2D eigenvalue weighted by Crippen LogP contribution is -1.83. The molecule has 0 saturated carbocycles. The molecule has 1 rings (SSSR count). The molecule has 0 spiro atoms. The van der Waals surface area contributed by atoms with Gasteiger partial charge in [0.25, 0.3) is 0 Å². The van der Waals surface area contributed by atoms with Crippen molar-refractivity contribution in [1.82, 2.24) is 0 Å². The summed E-state index contributed by atoms with van der Waals surface area (Å²) in [5, 5.41) is 9.45. The van der Waals surface area contributed by atoms with Gasteiger partial charge in [0.1, 0.15) is 11.1 Å². The Bertz CT molecular complexity index is 349. The normalized spacial score (nSPS) is 10.2. The average molecular weight is 194 g/mol. The number of nitrogens with zero attached hydrogens (tertiary/aromatic N) is 2. The van der Waals surface area contributed by atoms with Gasteiger partial charge in [-0.2, -0.15) is 5.26 Å². The molecule has 0 amide bonds. The second-order valence-corrected chi connectivity index (χ2v) is 3.61. The maximum atomic E-state index is 8.73. The van der Waals surface area contributed by atoms with Crippen LogP contribution in [0.4, 0.5) is 5.00 Å². The summed E-state index contributed by atoms with van der Waals surface area (Å²) < 4.78 is 4.95. The fourth-order valence-electron chi connectivity index (χ4n) is 0.838. The second-order valence-electron chi connectivity index (χ2n) is 2.38. The van der Waals surface area contributed by atoms with Gasteiger partial charge >= 0.3 is 0 Å². The molecule has 3 nitrogen and oxygen atoms in total. The van der Waals surface area contributed by atoms with Gasteiger partial charge in [-0.25, -0.2) is 4.99 Å². The average Bonchev–Trinajstić information content (AvgIpc) is 2.47. The first-order chi connectivity index (χ1) is 6.27. The molecule has 0 saturated heterocycles. The topological polar surface area (TPSA) is 45.4 Å². The molecule has 0 bridgehead atoms. The summed E-state index contributed by atoms with van der Waals surface area (Å²) in [6.45, 7) is 4.43. The van der Waals surface area contributed by atoms with Gasteiger partial charge in [-0.3, -0.25) is 0 Å². The van der Waals surface area contributed by atoms with Crippen LogP contribution in [0, 0.1) is 18.3 Å². The number of aryl methyl sites for hydroxylation is 1. The van der Waals surface area contributed by atoms with Crippen LogP contribution in [0.2, 0.25) is 0 Å². The highest BCUT2D eigenvalue weighted by atomic mass is 32.1. The fraction of sp³-hybridized carbons (Fsp3) is 0.333. The Morgan fingerprint density at radius 2 is 2.54 bits per heavy atom. The summed E-state index contributed by atoms with van der Waals surface area (Å²) in [4.78, 5) is 5.12. The second kappa shape index (κ2) is 4.63. The lowest BCUT2D eigenvalue weighted by Gasteiger charge is -1.90. The predicted molar refractivity (Wildman–Crippen MR) is 53.5 cm³/mol. The van der Waals surface area contributed by atoms with E-state index in [0.717, 1.165) is 4.88 Å². The SMILES string of the molecule is CCOC=Nc1sc(C)cc1C#N. The van der Waals surface area contributed by atoms with Crippen LogP contribution in [-0.2, 0) is 4.74 Å². The standard InChI is InChI=1S/C9H10N2OS/c1-3-12-6-11-9-8(5-10)4-7(2)13-9/h4,6H,3H2,1-2H3. The van der Waals surface area contributed by atoms with Crippen LogP contribution in [-0.4, -0.2) is 13.0 Å². The molecule has 4 heteroatoms. The first-order valence-corrected chi connectivity index (χ1v) is 4.74. The fourth-order valence-corrected chi connectivity index (χ4v) is 1.63. The minimum Gasteiger partial charge on any atom is -0.483 e. The van der Waals surface area contributed by atoms with Gasteiger partial charge in [-0.15, -0.1) is 11.3 Å². The number of hydrogen-bond acceptors (Lipinski definition) is 4. The number of ether oxygens (including phenoxy) is 1. The van der Waals surface area contributed by atoms with Crippen molar-refractivity contribution in [2.45, 2.75) is 13.8 Å². The molecule has 0 N–H and O–H groups in total. The zero-order chi connectivity index (χ0) is 9.68. The Balaban J connectivity index is 2.82. The molecule has 0 unspecified atom stereocenters. The van der Waals surface area contributed by atoms with Crippen LogP contribution in [0.1, 0.15) is 17.4 Å². The Morgan fingerprint density at radius 1 is 1.77 bits per heavy atom. The summed E-state index contributed by atoms with van der Waals surface area (Å²) in [6, 6.07) is 3.91. The smallest absolute Gasteiger partial charge is 0.175 e. The zero-order valence-corrected chi connectivity index (χ0v) is 8.39. The summed E-state index contributed by atoms with van der Waals surface area (Å²) in [5.74, 6) is 0. The van der Waals surface area contributed by atoms with Gasteiger partial charge in [0.15, 0.2) is 6.40 Å². The molecular weight excluding hydrogens is 184 g/mol. The van der Waals surface area contributed by atoms with Crippen molar-refractivity contribution in [2.24, 2.45) is 4.99 Å². The lowest BCUT2D eigenvalue weighted by molar-refractivity contribution is 0.344. The Labute approximate surface area is 81.3 Å². The molecule has 0 atom stereocenters. The van der Waals surface area contributed by atoms with Crippen molar-refractivity contribution in [2.75, 3.05) is 6.61 Å². The molecule has 0 radical (unpaired) electrons. The maximum absolute atomic E-state index is 8.73. The summed E-state index contributed by atoms with van der Waals surface area (Å²) >= 11 is 1.49. The van der Waals surface area contributed by atoms with Crippen LogP contribution in [0.3, 0.4) is 0 Å². The van der Waals surface area contributed by atoms with Crippen molar-refractivity contribution in [3.63, 3.8) is 0 Å². The van der Waals surface area contributed by atoms with Gasteiger partial charge in [0, 0.05) is 4.88 Å². The van der Waals surface area contributed by atoms with E-state index in [1.165, 1.54) is 17.7 Å². The highest BCUT2D eigenvalue weighted by molar-refractivity contribution is 7.16. The van der Waals surface area contributed by atoms with Crippen molar-refractivity contribution in [3.8, 4) is 6.07 Å². The molecular formula is C9H10N2OS. The summed E-state index contributed by atoms with van der Waals surface area (Å²) in [7, 11) is 0. The van der Waals surface area contributed by atoms with Crippen molar-refractivity contribution in [1.29, 1.82) is 5.26 Å². The third-order valence-electron chi connectivity index (χ3n) is 1.37. The number of aliphatic imine (C=N–C) groups is 1. The largest absolute Gasteiger partial charge is 0.483 e. The van der Waals surface area contributed by atoms with Gasteiger partial charge in [0.05, 0.1) is 12.2 Å².